The Morgan fingerprint density at radius 2 is 0.650 bits per heavy atom. The van der Waals surface area contributed by atoms with Crippen molar-refractivity contribution < 1.29 is 124 Å². The van der Waals surface area contributed by atoms with Gasteiger partial charge in [0.1, 0.15) is 12.2 Å². The molecule has 29 heteroatoms. The van der Waals surface area contributed by atoms with Crippen molar-refractivity contribution in [2.75, 3.05) is 0 Å². The number of carbonyl (C=O) groups excluding carboxylic acids is 2. The summed E-state index contributed by atoms with van der Waals surface area (Å²) in [6.07, 6.45) is -47.1. The summed E-state index contributed by atoms with van der Waals surface area (Å²) in [5.74, 6) is -0.240. The number of esters is 1. The number of aromatic nitrogens is 1. The van der Waals surface area contributed by atoms with Crippen molar-refractivity contribution in [3.05, 3.63) is 183 Å². The zero-order chi connectivity index (χ0) is 60.0. The van der Waals surface area contributed by atoms with Crippen molar-refractivity contribution in [3.63, 3.8) is 0 Å². The standard InChI is InChI=1S/C32H12BF24.C19H20NO3/c34-25(35,36)13-1-14(26(37,38)39)6-21(5-13)33(22-7-15(27(40,41)42)2-16(8-22)28(43,44)45,23-9-17(29(46,47)48)3-18(10-23)30(49,50)51)24-11-19(31(52,53)54)4-20(12-24)32(55,56)57;21-18(15-6-2-1-3-7-15)14-20-12-10-16(11-13-20)19(22)23-17-8-4-5-9-17/h1-12H;1-3,6-7,10-13,17H,4-5,8-9,14H2/q-1;+1. The first kappa shape index (κ1) is 62.0. The van der Waals surface area contributed by atoms with E-state index in [0.717, 1.165) is 25.7 Å². The molecule has 80 heavy (non-hydrogen) atoms. The number of alkyl halides is 24. The Kier molecular flexibility index (Phi) is 17.1. The molecule has 0 amide bonds. The summed E-state index contributed by atoms with van der Waals surface area (Å²) in [7, 11) is 0. The molecule has 0 N–H and O–H groups in total. The fraction of sp³-hybridized carbons (Fsp3) is 0.275. The molecule has 4 nitrogen and oxygen atoms in total. The summed E-state index contributed by atoms with van der Waals surface area (Å²) in [5, 5.41) is 0. The van der Waals surface area contributed by atoms with Crippen LogP contribution in [-0.2, 0) is 60.7 Å². The van der Waals surface area contributed by atoms with E-state index in [-0.39, 0.29) is 24.4 Å². The average molecular weight is 1170 g/mol. The van der Waals surface area contributed by atoms with Crippen LogP contribution >= 0.6 is 0 Å². The van der Waals surface area contributed by atoms with Gasteiger partial charge in [-0.05, 0) is 49.9 Å². The minimum atomic E-state index is -6.13. The molecule has 0 saturated heterocycles. The highest BCUT2D eigenvalue weighted by atomic mass is 19.4. The molecule has 1 aliphatic rings. The number of benzene rings is 5. The number of halogens is 24. The lowest BCUT2D eigenvalue weighted by Gasteiger charge is -2.46. The Hall–Kier alpha value is -7.23. The highest BCUT2D eigenvalue weighted by Gasteiger charge is 2.47. The molecular formula is C51H32BF24NO3. The van der Waals surface area contributed by atoms with Crippen LogP contribution in [0.3, 0.4) is 0 Å². The molecule has 430 valence electrons. The van der Waals surface area contributed by atoms with Crippen LogP contribution in [0.1, 0.15) is 90.9 Å². The Morgan fingerprint density at radius 1 is 0.388 bits per heavy atom. The van der Waals surface area contributed by atoms with Gasteiger partial charge in [-0.3, -0.25) is 4.79 Å². The van der Waals surface area contributed by atoms with Crippen LogP contribution in [0.2, 0.25) is 0 Å². The molecule has 0 unspecified atom stereocenters. The zero-order valence-corrected chi connectivity index (χ0v) is 39.6. The molecule has 7 rings (SSSR count). The third-order valence-corrected chi connectivity index (χ3v) is 12.6. The molecular weight excluding hydrogens is 1140 g/mol. The number of carbonyl (C=O) groups is 2. The lowest BCUT2D eigenvalue weighted by Crippen LogP contribution is -2.75. The Morgan fingerprint density at radius 3 is 0.900 bits per heavy atom. The second-order valence-corrected chi connectivity index (χ2v) is 18.1. The molecule has 0 spiro atoms. The molecule has 6 aromatic rings. The summed E-state index contributed by atoms with van der Waals surface area (Å²) in [5.41, 5.74) is -29.0. The summed E-state index contributed by atoms with van der Waals surface area (Å²) < 4.78 is 348. The van der Waals surface area contributed by atoms with Crippen LogP contribution in [0.15, 0.2) is 128 Å². The minimum Gasteiger partial charge on any atom is -0.459 e. The van der Waals surface area contributed by atoms with Crippen LogP contribution in [-0.4, -0.2) is 24.0 Å². The first-order chi connectivity index (χ1) is 36.5. The number of rotatable bonds is 9. The van der Waals surface area contributed by atoms with Gasteiger partial charge in [0, 0.05) is 17.7 Å². The molecule has 0 atom stereocenters. The van der Waals surface area contributed by atoms with Crippen molar-refractivity contribution >= 4 is 39.7 Å². The summed E-state index contributed by atoms with van der Waals surface area (Å²) in [4.78, 5) is 24.2. The van der Waals surface area contributed by atoms with Crippen molar-refractivity contribution in [2.24, 2.45) is 0 Å². The first-order valence-corrected chi connectivity index (χ1v) is 22.6. The maximum absolute atomic E-state index is 14.2. The minimum absolute atomic E-state index is 0.0388. The van der Waals surface area contributed by atoms with Gasteiger partial charge in [-0.1, -0.05) is 78.9 Å². The number of pyridine rings is 1. The number of Topliss-reactive ketones (excluding diaryl/α,β-unsaturated/α-hetero) is 1. The van der Waals surface area contributed by atoms with Crippen molar-refractivity contribution in [2.45, 2.75) is 87.7 Å². The fourth-order valence-corrected chi connectivity index (χ4v) is 8.88. The van der Waals surface area contributed by atoms with E-state index in [4.69, 9.17) is 4.74 Å². The topological polar surface area (TPSA) is 47.2 Å². The van der Waals surface area contributed by atoms with Gasteiger partial charge in [0.25, 0.3) is 0 Å². The van der Waals surface area contributed by atoms with Crippen LogP contribution in [0, 0.1) is 0 Å². The fourth-order valence-electron chi connectivity index (χ4n) is 8.88. The van der Waals surface area contributed by atoms with Gasteiger partial charge in [-0.2, -0.15) is 132 Å². The van der Waals surface area contributed by atoms with E-state index in [2.05, 4.69) is 0 Å². The van der Waals surface area contributed by atoms with E-state index in [1.807, 2.05) is 18.2 Å². The van der Waals surface area contributed by atoms with Crippen molar-refractivity contribution in [1.29, 1.82) is 0 Å². The number of nitrogens with zero attached hydrogens (tertiary/aromatic N) is 1. The molecule has 1 saturated carbocycles. The number of ketones is 1. The second kappa shape index (κ2) is 22.0. The highest BCUT2D eigenvalue weighted by Crippen LogP contribution is 2.41. The highest BCUT2D eigenvalue weighted by molar-refractivity contribution is 7.20. The normalized spacial score (nSPS) is 14.4. The molecule has 0 aliphatic heterocycles. The van der Waals surface area contributed by atoms with Gasteiger partial charge in [0.15, 0.2) is 12.4 Å². The number of hydrogen-bond donors (Lipinski definition) is 0. The van der Waals surface area contributed by atoms with Crippen molar-refractivity contribution in [3.8, 4) is 0 Å². The van der Waals surface area contributed by atoms with Gasteiger partial charge in [-0.25, -0.2) is 4.79 Å². The molecule has 1 fully saturated rings. The molecule has 0 bridgehead atoms. The predicted molar refractivity (Wildman–Crippen MR) is 235 cm³/mol. The summed E-state index contributed by atoms with van der Waals surface area (Å²) in [6, 6.07) is 3.78. The SMILES string of the molecule is FC(F)(F)c1cc([B-](c2cc(C(F)(F)F)cc(C(F)(F)F)c2)(c2cc(C(F)(F)F)cc(C(F)(F)F)c2)c2cc(C(F)(F)F)cc(C(F)(F)F)c2)cc(C(F)(F)F)c1.O=C(C[n+]1ccc(C(=O)OC2CCCC2)cc1)c1ccccc1. The van der Waals surface area contributed by atoms with Crippen molar-refractivity contribution in [1.82, 2.24) is 0 Å². The summed E-state index contributed by atoms with van der Waals surface area (Å²) >= 11 is 0. The lowest BCUT2D eigenvalue weighted by atomic mass is 9.12. The maximum Gasteiger partial charge on any atom is 0.416 e. The van der Waals surface area contributed by atoms with E-state index in [1.165, 1.54) is 0 Å². The second-order valence-electron chi connectivity index (χ2n) is 18.1. The van der Waals surface area contributed by atoms with Gasteiger partial charge in [0.05, 0.1) is 50.1 Å². The molecule has 0 radical (unpaired) electrons. The monoisotopic (exact) mass is 1170 g/mol. The molecule has 5 aromatic carbocycles. The first-order valence-electron chi connectivity index (χ1n) is 22.6. The van der Waals surface area contributed by atoms with E-state index in [1.54, 1.807) is 41.2 Å². The molecule has 1 aromatic heterocycles. The van der Waals surface area contributed by atoms with Crippen LogP contribution in [0.4, 0.5) is 105 Å². The van der Waals surface area contributed by atoms with Crippen LogP contribution in [0.5, 0.6) is 0 Å². The third-order valence-electron chi connectivity index (χ3n) is 12.6. The zero-order valence-electron chi connectivity index (χ0n) is 39.6. The third kappa shape index (κ3) is 14.6. The van der Waals surface area contributed by atoms with Gasteiger partial charge >= 0.3 is 55.4 Å². The van der Waals surface area contributed by atoms with E-state index in [9.17, 15) is 115 Å². The van der Waals surface area contributed by atoms with E-state index >= 15 is 0 Å². The maximum atomic E-state index is 14.2. The van der Waals surface area contributed by atoms with Crippen LogP contribution in [0.25, 0.3) is 0 Å². The van der Waals surface area contributed by atoms with E-state index in [0.29, 0.717) is 11.1 Å². The Bertz CT molecular complexity index is 2760. The van der Waals surface area contributed by atoms with Gasteiger partial charge in [0.2, 0.25) is 12.3 Å². The Labute approximate surface area is 434 Å². The average Bonchev–Trinajstić information content (AvgIpc) is 3.86. The quantitative estimate of drug-likeness (QED) is 0.0476. The van der Waals surface area contributed by atoms with E-state index < -0.39 is 195 Å². The number of ether oxygens (including phenoxy) is 1. The largest absolute Gasteiger partial charge is 0.459 e. The Balaban J connectivity index is 0.000000370. The smallest absolute Gasteiger partial charge is 0.416 e. The molecule has 1 aliphatic carbocycles. The molecule has 1 heterocycles. The number of hydrogen-bond acceptors (Lipinski definition) is 3. The van der Waals surface area contributed by atoms with Gasteiger partial charge in [-0.15, -0.1) is 0 Å². The summed E-state index contributed by atoms with van der Waals surface area (Å²) in [6.45, 7) is 0.252. The van der Waals surface area contributed by atoms with Crippen LogP contribution < -0.4 is 26.4 Å². The van der Waals surface area contributed by atoms with Gasteiger partial charge < -0.3 is 4.74 Å². The lowest BCUT2D eigenvalue weighted by molar-refractivity contribution is -0.683. The predicted octanol–water partition coefficient (Wildman–Crippen LogP) is 14.2.